The summed E-state index contributed by atoms with van der Waals surface area (Å²) in [7, 11) is 0. The second kappa shape index (κ2) is 8.64. The number of nitro benzene ring substituents is 1. The van der Waals surface area contributed by atoms with Crippen LogP contribution < -0.4 is 9.47 Å². The first-order chi connectivity index (χ1) is 15.3. The highest BCUT2D eigenvalue weighted by molar-refractivity contribution is 6.30. The van der Waals surface area contributed by atoms with Crippen LogP contribution in [-0.4, -0.2) is 16.7 Å². The van der Waals surface area contributed by atoms with Gasteiger partial charge >= 0.3 is 5.97 Å². The van der Waals surface area contributed by atoms with Gasteiger partial charge in [-0.15, -0.1) is 11.6 Å². The Labute approximate surface area is 188 Å². The van der Waals surface area contributed by atoms with Crippen LogP contribution in [0.25, 0.3) is 6.08 Å². The average Bonchev–Trinajstić information content (AvgIpc) is 3.11. The molecule has 0 amide bonds. The molecular formula is C24H16ClNO6. The zero-order valence-corrected chi connectivity index (χ0v) is 17.5. The lowest BCUT2D eigenvalue weighted by atomic mass is 10.1. The minimum absolute atomic E-state index is 0.0200. The molecule has 0 aliphatic carbocycles. The first-order valence-electron chi connectivity index (χ1n) is 9.58. The number of nitro groups is 1. The summed E-state index contributed by atoms with van der Waals surface area (Å²) in [5.74, 6) is -0.515. The number of nitrogens with zero attached hydrogens (tertiary/aromatic N) is 1. The largest absolute Gasteiger partial charge is 0.452 e. The molecule has 0 saturated heterocycles. The molecule has 160 valence electrons. The summed E-state index contributed by atoms with van der Waals surface area (Å²) in [6.07, 6.45) is 1.44. The topological polar surface area (TPSA) is 95.7 Å². The molecule has 1 heterocycles. The highest BCUT2D eigenvalue weighted by atomic mass is 35.5. The van der Waals surface area contributed by atoms with E-state index < -0.39 is 16.3 Å². The second-order valence-electron chi connectivity index (χ2n) is 7.05. The number of rotatable bonds is 5. The normalized spacial score (nSPS) is 14.6. The molecule has 0 bridgehead atoms. The van der Waals surface area contributed by atoms with Gasteiger partial charge in [-0.05, 0) is 36.3 Å². The third-order valence-corrected chi connectivity index (χ3v) is 5.36. The van der Waals surface area contributed by atoms with Crippen molar-refractivity contribution < 1.29 is 24.0 Å². The van der Waals surface area contributed by atoms with Crippen molar-refractivity contribution >= 4 is 35.1 Å². The number of fused-ring (bicyclic) bond motifs is 1. The molecule has 0 fully saturated rings. The smallest absolute Gasteiger partial charge is 0.334 e. The van der Waals surface area contributed by atoms with E-state index in [1.807, 2.05) is 6.07 Å². The van der Waals surface area contributed by atoms with Crippen LogP contribution in [-0.2, 0) is 4.79 Å². The molecule has 4 rings (SSSR count). The number of carbonyl (C=O) groups is 2. The highest BCUT2D eigenvalue weighted by Crippen LogP contribution is 2.40. The van der Waals surface area contributed by atoms with Crippen LogP contribution in [0.1, 0.15) is 32.4 Å². The van der Waals surface area contributed by atoms with E-state index in [0.717, 1.165) is 0 Å². The molecule has 0 saturated carbocycles. The van der Waals surface area contributed by atoms with Gasteiger partial charge in [0.25, 0.3) is 5.69 Å². The van der Waals surface area contributed by atoms with Crippen molar-refractivity contribution in [2.75, 3.05) is 0 Å². The van der Waals surface area contributed by atoms with Crippen LogP contribution in [0.5, 0.6) is 11.5 Å². The summed E-state index contributed by atoms with van der Waals surface area (Å²) in [6, 6.07) is 17.7. The summed E-state index contributed by atoms with van der Waals surface area (Å²) in [4.78, 5) is 35.7. The van der Waals surface area contributed by atoms with Gasteiger partial charge in [0.1, 0.15) is 11.5 Å². The summed E-state index contributed by atoms with van der Waals surface area (Å²) in [5.41, 5.74) is 1.73. The van der Waals surface area contributed by atoms with Crippen LogP contribution in [0, 0.1) is 17.0 Å². The SMILES string of the molecule is Cc1c(OC(=O)C(Cl)c2ccccc2)ccc2c1O/C(=C\c1cccc([N+](=O)[O-])c1)C2=O. The van der Waals surface area contributed by atoms with E-state index in [2.05, 4.69) is 0 Å². The average molecular weight is 450 g/mol. The lowest BCUT2D eigenvalue weighted by Crippen LogP contribution is -2.15. The number of carbonyl (C=O) groups excluding carboxylic acids is 2. The number of allylic oxidation sites excluding steroid dienone is 1. The predicted octanol–water partition coefficient (Wildman–Crippen LogP) is 5.40. The van der Waals surface area contributed by atoms with Gasteiger partial charge in [0.15, 0.2) is 11.1 Å². The molecule has 8 heteroatoms. The highest BCUT2D eigenvalue weighted by Gasteiger charge is 2.31. The van der Waals surface area contributed by atoms with Crippen molar-refractivity contribution in [3.8, 4) is 11.5 Å². The van der Waals surface area contributed by atoms with Gasteiger partial charge in [-0.3, -0.25) is 14.9 Å². The lowest BCUT2D eigenvalue weighted by molar-refractivity contribution is -0.384. The Hall–Kier alpha value is -3.97. The Morgan fingerprint density at radius 3 is 2.59 bits per heavy atom. The van der Waals surface area contributed by atoms with Gasteiger partial charge in [-0.25, -0.2) is 4.79 Å². The summed E-state index contributed by atoms with van der Waals surface area (Å²) in [6.45, 7) is 1.66. The quantitative estimate of drug-likeness (QED) is 0.129. The number of benzene rings is 3. The molecule has 0 aromatic heterocycles. The fourth-order valence-electron chi connectivity index (χ4n) is 3.28. The number of ether oxygens (including phenoxy) is 2. The number of hydrogen-bond acceptors (Lipinski definition) is 6. The van der Waals surface area contributed by atoms with Crippen molar-refractivity contribution in [2.24, 2.45) is 0 Å². The molecule has 0 radical (unpaired) electrons. The van der Waals surface area contributed by atoms with Crippen LogP contribution in [0.3, 0.4) is 0 Å². The Balaban J connectivity index is 1.58. The van der Waals surface area contributed by atoms with E-state index in [1.165, 1.54) is 36.4 Å². The molecule has 32 heavy (non-hydrogen) atoms. The predicted molar refractivity (Wildman–Crippen MR) is 118 cm³/mol. The van der Waals surface area contributed by atoms with Gasteiger partial charge < -0.3 is 9.47 Å². The van der Waals surface area contributed by atoms with Crippen LogP contribution in [0.2, 0.25) is 0 Å². The van der Waals surface area contributed by atoms with E-state index in [9.17, 15) is 19.7 Å². The number of non-ortho nitro benzene ring substituents is 1. The molecule has 3 aromatic rings. The number of hydrogen-bond donors (Lipinski definition) is 0. The molecule has 0 N–H and O–H groups in total. The van der Waals surface area contributed by atoms with Crippen molar-refractivity contribution in [1.82, 2.24) is 0 Å². The minimum atomic E-state index is -0.990. The van der Waals surface area contributed by atoms with E-state index in [4.69, 9.17) is 21.1 Å². The number of halogens is 1. The number of esters is 1. The Morgan fingerprint density at radius 2 is 1.88 bits per heavy atom. The van der Waals surface area contributed by atoms with Crippen molar-refractivity contribution in [3.63, 3.8) is 0 Å². The van der Waals surface area contributed by atoms with E-state index in [1.54, 1.807) is 37.3 Å². The van der Waals surface area contributed by atoms with E-state index in [0.29, 0.717) is 22.3 Å². The molecule has 1 aliphatic rings. The van der Waals surface area contributed by atoms with Gasteiger partial charge in [-0.2, -0.15) is 0 Å². The number of Topliss-reactive ketones (excluding diaryl/α,β-unsaturated/α-hetero) is 1. The van der Waals surface area contributed by atoms with Gasteiger partial charge in [0, 0.05) is 17.7 Å². The standard InChI is InChI=1S/C24H16ClNO6/c1-14-19(32-24(28)21(25)16-7-3-2-4-8-16)11-10-18-22(27)20(31-23(14)18)13-15-6-5-9-17(12-15)26(29)30/h2-13,21H,1H3/b20-13-. The third-order valence-electron chi connectivity index (χ3n) is 4.93. The van der Waals surface area contributed by atoms with Crippen LogP contribution >= 0.6 is 11.6 Å². The van der Waals surface area contributed by atoms with Crippen molar-refractivity contribution in [3.05, 3.63) is 105 Å². The first kappa shape index (κ1) is 21.3. The summed E-state index contributed by atoms with van der Waals surface area (Å²) >= 11 is 6.23. The van der Waals surface area contributed by atoms with Crippen LogP contribution in [0.15, 0.2) is 72.5 Å². The maximum Gasteiger partial charge on any atom is 0.334 e. The zero-order valence-electron chi connectivity index (χ0n) is 16.8. The molecular weight excluding hydrogens is 434 g/mol. The number of ketones is 1. The summed E-state index contributed by atoms with van der Waals surface area (Å²) < 4.78 is 11.2. The first-order valence-corrected chi connectivity index (χ1v) is 10.0. The maximum absolute atomic E-state index is 12.7. The minimum Gasteiger partial charge on any atom is -0.452 e. The maximum atomic E-state index is 12.7. The molecule has 0 spiro atoms. The van der Waals surface area contributed by atoms with E-state index >= 15 is 0 Å². The van der Waals surface area contributed by atoms with Crippen molar-refractivity contribution in [2.45, 2.75) is 12.3 Å². The van der Waals surface area contributed by atoms with E-state index in [-0.39, 0.29) is 28.7 Å². The molecule has 3 aromatic carbocycles. The molecule has 7 nitrogen and oxygen atoms in total. The Kier molecular flexibility index (Phi) is 5.75. The van der Waals surface area contributed by atoms with Gasteiger partial charge in [0.05, 0.1) is 10.5 Å². The third kappa shape index (κ3) is 4.10. The lowest BCUT2D eigenvalue weighted by Gasteiger charge is -2.13. The molecule has 1 unspecified atom stereocenters. The monoisotopic (exact) mass is 449 g/mol. The fourth-order valence-corrected chi connectivity index (χ4v) is 3.47. The Bertz CT molecular complexity index is 1270. The fraction of sp³-hybridized carbons (Fsp3) is 0.0833. The Morgan fingerprint density at radius 1 is 1.12 bits per heavy atom. The molecule has 1 aliphatic heterocycles. The van der Waals surface area contributed by atoms with Crippen LogP contribution in [0.4, 0.5) is 5.69 Å². The summed E-state index contributed by atoms with van der Waals surface area (Å²) in [5, 5.41) is 9.99. The number of alkyl halides is 1. The van der Waals surface area contributed by atoms with Gasteiger partial charge in [-0.1, -0.05) is 42.5 Å². The van der Waals surface area contributed by atoms with Crippen molar-refractivity contribution in [1.29, 1.82) is 0 Å². The second-order valence-corrected chi connectivity index (χ2v) is 7.49. The van der Waals surface area contributed by atoms with Gasteiger partial charge in [0.2, 0.25) is 5.78 Å². The molecule has 1 atom stereocenters. The zero-order chi connectivity index (χ0) is 22.8.